The third-order valence-corrected chi connectivity index (χ3v) is 12.6. The van der Waals surface area contributed by atoms with Crippen molar-refractivity contribution in [3.8, 4) is 5.75 Å². The van der Waals surface area contributed by atoms with Crippen LogP contribution >= 0.6 is 35.3 Å². The van der Waals surface area contributed by atoms with Gasteiger partial charge in [-0.1, -0.05) is 29.8 Å². The minimum Gasteiger partial charge on any atom is -0.487 e. The van der Waals surface area contributed by atoms with Crippen LogP contribution in [0.15, 0.2) is 66.2 Å². The van der Waals surface area contributed by atoms with Gasteiger partial charge in [0, 0.05) is 79.5 Å². The molecule has 2 aromatic heterocycles. The molecule has 0 bridgehead atoms. The van der Waals surface area contributed by atoms with Crippen molar-refractivity contribution in [2.75, 3.05) is 69.9 Å². The molecule has 17 nitrogen and oxygen atoms in total. The van der Waals surface area contributed by atoms with Crippen LogP contribution in [0.4, 0.5) is 21.0 Å². The van der Waals surface area contributed by atoms with E-state index >= 15 is 0 Å². The number of imide groups is 1. The van der Waals surface area contributed by atoms with Crippen LogP contribution in [-0.2, 0) is 46.4 Å². The first-order valence-electron chi connectivity index (χ1n) is 22.1. The standard InChI is InChI=1S/C46H54ClFN8O9S.ClH/c47-34-6-3-8-37(41(34)48)65-31-12-15-46(16-13-31,28-30-4-1-9-38(52-30)54-45-51-20-27-66-45)44(61)50-19-22-63-24-26-64-25-23-62-21-18-49-17-14-40(58)53-35-7-2-5-32-33(35)29-56(43(32)60)36-10-11-39(57)55-42(36)59;/h1-9,20,27,31,36,49H,10-19,21-26,28-29H2,(H,50,61)(H,53,58)(H,51,52,54)(H,55,57,59);1H. The van der Waals surface area contributed by atoms with Crippen LogP contribution in [0.3, 0.4) is 0 Å². The summed E-state index contributed by atoms with van der Waals surface area (Å²) in [6.45, 7) is 3.60. The number of carbonyl (C=O) groups excluding carboxylic acids is 5. The number of thiazole rings is 1. The third kappa shape index (κ3) is 14.1. The van der Waals surface area contributed by atoms with Crippen molar-refractivity contribution in [1.82, 2.24) is 30.8 Å². The summed E-state index contributed by atoms with van der Waals surface area (Å²) in [6, 6.07) is 14.7. The maximum atomic E-state index is 14.6. The van der Waals surface area contributed by atoms with Crippen LogP contribution in [0.25, 0.3) is 0 Å². The second kappa shape index (κ2) is 25.2. The van der Waals surface area contributed by atoms with E-state index < -0.39 is 23.2 Å². The lowest BCUT2D eigenvalue weighted by Crippen LogP contribution is -2.52. The number of rotatable bonds is 24. The van der Waals surface area contributed by atoms with E-state index in [2.05, 4.69) is 31.6 Å². The molecule has 7 rings (SSSR count). The highest BCUT2D eigenvalue weighted by Gasteiger charge is 2.43. The fourth-order valence-electron chi connectivity index (χ4n) is 8.24. The number of piperidine rings is 1. The Hall–Kier alpha value is -5.28. The van der Waals surface area contributed by atoms with Gasteiger partial charge in [0.2, 0.25) is 23.6 Å². The van der Waals surface area contributed by atoms with Gasteiger partial charge in [0.05, 0.1) is 56.2 Å². The lowest BCUT2D eigenvalue weighted by molar-refractivity contribution is -0.137. The first-order valence-corrected chi connectivity index (χ1v) is 23.4. The Morgan fingerprint density at radius 2 is 1.64 bits per heavy atom. The molecule has 360 valence electrons. The topological polar surface area (TPSA) is 211 Å². The van der Waals surface area contributed by atoms with Gasteiger partial charge in [0.1, 0.15) is 11.9 Å². The Kier molecular flexibility index (Phi) is 19.2. The molecule has 4 heterocycles. The fourth-order valence-corrected chi connectivity index (χ4v) is 8.94. The number of aromatic nitrogens is 2. The first-order chi connectivity index (χ1) is 32.1. The van der Waals surface area contributed by atoms with Crippen LogP contribution in [0.2, 0.25) is 5.02 Å². The van der Waals surface area contributed by atoms with E-state index in [0.29, 0.717) is 114 Å². The molecule has 1 saturated carbocycles. The highest BCUT2D eigenvalue weighted by Crippen LogP contribution is 2.41. The molecule has 1 aliphatic carbocycles. The van der Waals surface area contributed by atoms with Gasteiger partial charge in [0.25, 0.3) is 5.91 Å². The lowest BCUT2D eigenvalue weighted by atomic mass is 9.69. The van der Waals surface area contributed by atoms with E-state index in [0.717, 1.165) is 10.8 Å². The van der Waals surface area contributed by atoms with Crippen molar-refractivity contribution in [1.29, 1.82) is 0 Å². The van der Waals surface area contributed by atoms with E-state index in [1.165, 1.54) is 22.3 Å². The number of nitrogens with zero attached hydrogens (tertiary/aromatic N) is 3. The molecular weight excluding hydrogens is 931 g/mol. The molecule has 4 aromatic rings. The number of fused-ring (bicyclic) bond motifs is 1. The zero-order chi connectivity index (χ0) is 46.3. The molecule has 1 saturated heterocycles. The summed E-state index contributed by atoms with van der Waals surface area (Å²) in [6.07, 6.45) is 4.60. The maximum absolute atomic E-state index is 14.6. The number of nitrogens with one attached hydrogen (secondary N) is 5. The SMILES string of the molecule is Cl.O=C1CCC(N2Cc3c(NC(=O)CCNCCOCCOCCOCCNC(=O)C4(Cc5cccc(Nc6nccs6)n5)CCC(Oc5cccc(Cl)c5F)CC4)cccc3C2=O)C(=O)N1. The summed E-state index contributed by atoms with van der Waals surface area (Å²) in [7, 11) is 0. The summed E-state index contributed by atoms with van der Waals surface area (Å²) < 4.78 is 37.6. The number of halogens is 3. The summed E-state index contributed by atoms with van der Waals surface area (Å²) in [5.41, 5.74) is 1.61. The molecule has 2 aromatic carbocycles. The van der Waals surface area contributed by atoms with E-state index in [1.54, 1.807) is 36.5 Å². The molecule has 3 aliphatic rings. The number of anilines is 3. The lowest BCUT2D eigenvalue weighted by Gasteiger charge is -2.39. The second-order valence-electron chi connectivity index (χ2n) is 16.2. The molecule has 5 amide bonds. The predicted octanol–water partition coefficient (Wildman–Crippen LogP) is 5.59. The van der Waals surface area contributed by atoms with E-state index in [1.807, 2.05) is 23.6 Å². The minimum absolute atomic E-state index is 0. The summed E-state index contributed by atoms with van der Waals surface area (Å²) in [4.78, 5) is 74.2. The Labute approximate surface area is 403 Å². The monoisotopic (exact) mass is 984 g/mol. The number of ether oxygens (including phenoxy) is 4. The van der Waals surface area contributed by atoms with Crippen molar-refractivity contribution in [2.45, 2.75) is 70.1 Å². The molecular formula is C46H55Cl2FN8O9S. The number of hydrogen-bond acceptors (Lipinski definition) is 14. The number of pyridine rings is 1. The van der Waals surface area contributed by atoms with Gasteiger partial charge in [-0.15, -0.1) is 23.7 Å². The van der Waals surface area contributed by atoms with Crippen molar-refractivity contribution >= 4 is 81.5 Å². The number of benzene rings is 2. The van der Waals surface area contributed by atoms with Crippen LogP contribution in [0.5, 0.6) is 5.75 Å². The van der Waals surface area contributed by atoms with E-state index in [9.17, 15) is 28.4 Å². The molecule has 1 atom stereocenters. The van der Waals surface area contributed by atoms with E-state index in [-0.39, 0.29) is 78.7 Å². The fraction of sp³-hybridized carbons (Fsp3) is 0.457. The van der Waals surface area contributed by atoms with E-state index in [4.69, 9.17) is 35.5 Å². The van der Waals surface area contributed by atoms with Gasteiger partial charge in [-0.2, -0.15) is 0 Å². The quantitative estimate of drug-likeness (QED) is 0.0429. The normalized spacial score (nSPS) is 19.0. The number of hydrogen-bond donors (Lipinski definition) is 5. The highest BCUT2D eigenvalue weighted by molar-refractivity contribution is 7.13. The second-order valence-corrected chi connectivity index (χ2v) is 17.5. The number of carbonyl (C=O) groups is 5. The molecule has 21 heteroatoms. The van der Waals surface area contributed by atoms with Gasteiger partial charge in [0.15, 0.2) is 16.7 Å². The van der Waals surface area contributed by atoms with Crippen LogP contribution < -0.4 is 31.3 Å². The van der Waals surface area contributed by atoms with Gasteiger partial charge in [-0.05, 0) is 68.5 Å². The largest absolute Gasteiger partial charge is 0.487 e. The average molecular weight is 986 g/mol. The molecule has 5 N–H and O–H groups in total. The van der Waals surface area contributed by atoms with Gasteiger partial charge in [-0.25, -0.2) is 14.4 Å². The smallest absolute Gasteiger partial charge is 0.255 e. The summed E-state index contributed by atoms with van der Waals surface area (Å²) >= 11 is 7.44. The molecule has 67 heavy (non-hydrogen) atoms. The zero-order valence-electron chi connectivity index (χ0n) is 36.8. The predicted molar refractivity (Wildman–Crippen MR) is 251 cm³/mol. The van der Waals surface area contributed by atoms with Gasteiger partial charge in [-0.3, -0.25) is 29.3 Å². The van der Waals surface area contributed by atoms with Crippen LogP contribution in [0, 0.1) is 11.2 Å². The van der Waals surface area contributed by atoms with Crippen LogP contribution in [-0.4, -0.2) is 116 Å². The Morgan fingerprint density at radius 1 is 0.910 bits per heavy atom. The Morgan fingerprint density at radius 3 is 2.39 bits per heavy atom. The van der Waals surface area contributed by atoms with Gasteiger partial charge >= 0.3 is 0 Å². The Bertz CT molecular complexity index is 2320. The summed E-state index contributed by atoms with van der Waals surface area (Å²) in [5, 5.41) is 17.2. The first kappa shape index (κ1) is 51.1. The molecule has 1 unspecified atom stereocenters. The Balaban J connectivity index is 0.00000741. The molecule has 2 fully saturated rings. The molecule has 2 aliphatic heterocycles. The van der Waals surface area contributed by atoms with Crippen molar-refractivity contribution < 1.29 is 47.3 Å². The molecule has 0 radical (unpaired) electrons. The number of amides is 5. The average Bonchev–Trinajstić information content (AvgIpc) is 3.95. The third-order valence-electron chi connectivity index (χ3n) is 11.7. The van der Waals surface area contributed by atoms with Crippen molar-refractivity contribution in [3.05, 3.63) is 93.8 Å². The van der Waals surface area contributed by atoms with Gasteiger partial charge < -0.3 is 45.1 Å². The highest BCUT2D eigenvalue weighted by atomic mass is 35.5. The van der Waals surface area contributed by atoms with Crippen molar-refractivity contribution in [3.63, 3.8) is 0 Å². The molecule has 0 spiro atoms. The minimum atomic E-state index is -0.758. The zero-order valence-corrected chi connectivity index (χ0v) is 39.2. The summed E-state index contributed by atoms with van der Waals surface area (Å²) in [5.74, 6) is -1.31. The van der Waals surface area contributed by atoms with Crippen LogP contribution in [0.1, 0.15) is 66.6 Å². The van der Waals surface area contributed by atoms with Crippen molar-refractivity contribution in [2.24, 2.45) is 5.41 Å². The maximum Gasteiger partial charge on any atom is 0.255 e.